The molecule has 1 heterocycles. The van der Waals surface area contributed by atoms with Crippen molar-refractivity contribution in [3.63, 3.8) is 0 Å². The zero-order valence-electron chi connectivity index (χ0n) is 18.0. The van der Waals surface area contributed by atoms with Crippen LogP contribution >= 0.6 is 11.6 Å². The van der Waals surface area contributed by atoms with Crippen LogP contribution in [0.25, 0.3) is 0 Å². The fourth-order valence-corrected chi connectivity index (χ4v) is 4.50. The number of Topliss-reactive ketones (excluding diaryl/α,β-unsaturated/α-hetero) is 1. The Morgan fingerprint density at radius 1 is 1.39 bits per heavy atom. The second-order valence-corrected chi connectivity index (χ2v) is 8.90. The minimum atomic E-state index is -0.672. The second kappa shape index (κ2) is 9.06. The van der Waals surface area contributed by atoms with Crippen LogP contribution in [0.3, 0.4) is 0 Å². The van der Waals surface area contributed by atoms with E-state index in [0.717, 1.165) is 5.70 Å². The number of nitrogens with zero attached hydrogens (tertiary/aromatic N) is 2. The van der Waals surface area contributed by atoms with E-state index in [9.17, 15) is 10.1 Å². The quantitative estimate of drug-likeness (QED) is 0.679. The van der Waals surface area contributed by atoms with Gasteiger partial charge in [0.1, 0.15) is 18.2 Å². The third kappa shape index (κ3) is 4.42. The first kappa shape index (κ1) is 22.7. The third-order valence-corrected chi connectivity index (χ3v) is 5.83. The lowest BCUT2D eigenvalue weighted by Crippen LogP contribution is -2.43. The van der Waals surface area contributed by atoms with Crippen LogP contribution in [0.4, 0.5) is 0 Å². The van der Waals surface area contributed by atoms with Gasteiger partial charge >= 0.3 is 0 Å². The fraction of sp³-hybridized carbons (Fsp3) is 0.417. The lowest BCUT2D eigenvalue weighted by atomic mass is 9.68. The second-order valence-electron chi connectivity index (χ2n) is 8.46. The average molecular weight is 440 g/mol. The van der Waals surface area contributed by atoms with E-state index in [1.807, 2.05) is 4.90 Å². The minimum absolute atomic E-state index is 0.0122. The molecule has 1 aliphatic heterocycles. The Labute approximate surface area is 188 Å². The number of nitriles is 1. The van der Waals surface area contributed by atoms with Gasteiger partial charge in [-0.15, -0.1) is 6.42 Å². The molecule has 0 saturated carbocycles. The third-order valence-electron chi connectivity index (χ3n) is 5.60. The first-order valence-electron chi connectivity index (χ1n) is 10.0. The number of carbonyl (C=O) groups excluding carboxylic acids is 1. The van der Waals surface area contributed by atoms with Gasteiger partial charge in [0.2, 0.25) is 0 Å². The summed E-state index contributed by atoms with van der Waals surface area (Å²) in [5, 5.41) is 10.5. The Hall–Kier alpha value is -2.93. The van der Waals surface area contributed by atoms with E-state index >= 15 is 0 Å². The smallest absolute Gasteiger partial charge is 0.162 e. The summed E-state index contributed by atoms with van der Waals surface area (Å²) in [6.07, 6.45) is 6.39. The predicted octanol–water partition coefficient (Wildman–Crippen LogP) is 3.73. The van der Waals surface area contributed by atoms with Gasteiger partial charge in [-0.3, -0.25) is 4.79 Å². The Bertz CT molecular complexity index is 1040. The number of ether oxygens (including phenoxy) is 2. The zero-order chi connectivity index (χ0) is 22.8. The van der Waals surface area contributed by atoms with Crippen LogP contribution in [0.5, 0.6) is 5.75 Å². The SMILES string of the molecule is C#CCOc1ccc(Cl)cc1[C@H]1C(C#N)=C(N)N(CCOC)C2=C1C(=O)CC(C)(C)C2. The van der Waals surface area contributed by atoms with Crippen molar-refractivity contribution in [3.8, 4) is 24.2 Å². The van der Waals surface area contributed by atoms with Gasteiger partial charge in [-0.2, -0.15) is 5.26 Å². The molecule has 6 nitrogen and oxygen atoms in total. The number of rotatable bonds is 6. The largest absolute Gasteiger partial charge is 0.481 e. The van der Waals surface area contributed by atoms with Crippen LogP contribution < -0.4 is 10.5 Å². The van der Waals surface area contributed by atoms with Gasteiger partial charge in [-0.05, 0) is 30.0 Å². The Morgan fingerprint density at radius 3 is 2.77 bits per heavy atom. The molecule has 0 radical (unpaired) electrons. The van der Waals surface area contributed by atoms with E-state index in [4.69, 9.17) is 33.2 Å². The molecule has 0 aromatic heterocycles. The van der Waals surface area contributed by atoms with E-state index < -0.39 is 5.92 Å². The highest BCUT2D eigenvalue weighted by Crippen LogP contribution is 2.50. The number of ketones is 1. The van der Waals surface area contributed by atoms with Crippen LogP contribution in [-0.4, -0.2) is 37.6 Å². The Balaban J connectivity index is 2.27. The molecule has 0 amide bonds. The zero-order valence-corrected chi connectivity index (χ0v) is 18.8. The number of nitrogens with two attached hydrogens (primary N) is 1. The molecule has 2 aliphatic rings. The summed E-state index contributed by atoms with van der Waals surface area (Å²) in [5.41, 5.74) is 8.56. The van der Waals surface area contributed by atoms with Crippen molar-refractivity contribution in [1.29, 1.82) is 5.26 Å². The van der Waals surface area contributed by atoms with Crippen LogP contribution in [0.15, 0.2) is 40.9 Å². The molecule has 7 heteroatoms. The van der Waals surface area contributed by atoms with Gasteiger partial charge < -0.3 is 20.1 Å². The highest BCUT2D eigenvalue weighted by Gasteiger charge is 2.44. The molecular weight excluding hydrogens is 414 g/mol. The van der Waals surface area contributed by atoms with Crippen molar-refractivity contribution in [1.82, 2.24) is 4.90 Å². The van der Waals surface area contributed by atoms with Gasteiger partial charge in [-0.1, -0.05) is 31.4 Å². The minimum Gasteiger partial charge on any atom is -0.481 e. The standard InChI is InChI=1S/C24H26ClN3O3/c1-5-9-31-20-7-6-15(25)11-16(20)21-17(14-26)23(27)28(8-10-30-4)18-12-24(2,3)13-19(29)22(18)21/h1,6-7,11,21H,8-10,12-13,27H2,2-4H3/t21-/m0/s1. The molecule has 1 aromatic carbocycles. The summed E-state index contributed by atoms with van der Waals surface area (Å²) in [6, 6.07) is 7.33. The van der Waals surface area contributed by atoms with Crippen molar-refractivity contribution >= 4 is 17.4 Å². The van der Waals surface area contributed by atoms with Crippen molar-refractivity contribution in [2.24, 2.45) is 11.1 Å². The molecule has 0 unspecified atom stereocenters. The van der Waals surface area contributed by atoms with Gasteiger partial charge in [0.05, 0.1) is 24.2 Å². The number of carbonyl (C=O) groups is 1. The van der Waals surface area contributed by atoms with Gasteiger partial charge in [-0.25, -0.2) is 0 Å². The molecule has 3 rings (SSSR count). The lowest BCUT2D eigenvalue weighted by Gasteiger charge is -2.44. The lowest BCUT2D eigenvalue weighted by molar-refractivity contribution is -0.118. The summed E-state index contributed by atoms with van der Waals surface area (Å²) in [4.78, 5) is 15.3. The predicted molar refractivity (Wildman–Crippen MR) is 119 cm³/mol. The number of allylic oxidation sites excluding steroid dienone is 3. The van der Waals surface area contributed by atoms with E-state index in [1.165, 1.54) is 0 Å². The number of terminal acetylenes is 1. The van der Waals surface area contributed by atoms with Crippen molar-refractivity contribution < 1.29 is 14.3 Å². The van der Waals surface area contributed by atoms with Crippen LogP contribution in [0.2, 0.25) is 5.02 Å². The maximum Gasteiger partial charge on any atom is 0.162 e. The highest BCUT2D eigenvalue weighted by atomic mass is 35.5. The molecule has 0 fully saturated rings. The van der Waals surface area contributed by atoms with E-state index in [1.54, 1.807) is 25.3 Å². The summed E-state index contributed by atoms with van der Waals surface area (Å²) < 4.78 is 11.0. The molecule has 0 spiro atoms. The number of hydrogen-bond donors (Lipinski definition) is 1. The van der Waals surface area contributed by atoms with Gasteiger partial charge in [0.25, 0.3) is 0 Å². The first-order valence-corrected chi connectivity index (χ1v) is 10.4. The van der Waals surface area contributed by atoms with Crippen LogP contribution in [0.1, 0.15) is 38.2 Å². The van der Waals surface area contributed by atoms with E-state index in [2.05, 4.69) is 25.8 Å². The van der Waals surface area contributed by atoms with Gasteiger partial charge in [0, 0.05) is 41.9 Å². The average Bonchev–Trinajstić information content (AvgIpc) is 2.70. The van der Waals surface area contributed by atoms with Gasteiger partial charge in [0.15, 0.2) is 5.78 Å². The summed E-state index contributed by atoms with van der Waals surface area (Å²) in [5.74, 6) is 2.55. The van der Waals surface area contributed by atoms with Crippen LogP contribution in [-0.2, 0) is 9.53 Å². The van der Waals surface area contributed by atoms with Crippen molar-refractivity contribution in [2.45, 2.75) is 32.6 Å². The highest BCUT2D eigenvalue weighted by molar-refractivity contribution is 6.30. The molecule has 1 aromatic rings. The maximum absolute atomic E-state index is 13.4. The Morgan fingerprint density at radius 2 is 2.13 bits per heavy atom. The van der Waals surface area contributed by atoms with Crippen molar-refractivity contribution in [2.75, 3.05) is 26.9 Å². The summed E-state index contributed by atoms with van der Waals surface area (Å²) in [7, 11) is 1.60. The molecule has 31 heavy (non-hydrogen) atoms. The topological polar surface area (TPSA) is 88.6 Å². The molecule has 2 N–H and O–H groups in total. The normalized spacial score (nSPS) is 20.3. The van der Waals surface area contributed by atoms with E-state index in [-0.39, 0.29) is 23.4 Å². The maximum atomic E-state index is 13.4. The Kier molecular flexibility index (Phi) is 6.65. The molecule has 0 bridgehead atoms. The first-order chi connectivity index (χ1) is 14.7. The number of hydrogen-bond acceptors (Lipinski definition) is 6. The summed E-state index contributed by atoms with van der Waals surface area (Å²) >= 11 is 6.30. The molecule has 0 saturated heterocycles. The molecule has 1 aliphatic carbocycles. The molecular formula is C24H26ClN3O3. The molecule has 162 valence electrons. The molecule has 1 atom stereocenters. The fourth-order valence-electron chi connectivity index (χ4n) is 4.32. The monoisotopic (exact) mass is 439 g/mol. The van der Waals surface area contributed by atoms with Crippen LogP contribution in [0, 0.1) is 29.1 Å². The number of benzene rings is 1. The van der Waals surface area contributed by atoms with E-state index in [0.29, 0.717) is 53.7 Å². The number of methoxy groups -OCH3 is 1. The number of halogens is 1. The summed E-state index contributed by atoms with van der Waals surface area (Å²) in [6.45, 7) is 5.01. The van der Waals surface area contributed by atoms with Crippen molar-refractivity contribution in [3.05, 3.63) is 51.4 Å².